The summed E-state index contributed by atoms with van der Waals surface area (Å²) in [5.41, 5.74) is 19.7. The van der Waals surface area contributed by atoms with Crippen molar-refractivity contribution in [2.75, 3.05) is 71.0 Å². The Kier molecular flexibility index (Phi) is 41.7. The summed E-state index contributed by atoms with van der Waals surface area (Å²) in [6, 6.07) is 80.2. The molecule has 20 heteroatoms. The van der Waals surface area contributed by atoms with Crippen LogP contribution in [0, 0.1) is 29.9 Å². The molecule has 0 N–H and O–H groups in total. The van der Waals surface area contributed by atoms with Crippen LogP contribution in [0.3, 0.4) is 0 Å². The van der Waals surface area contributed by atoms with Gasteiger partial charge in [-0.05, 0) is 330 Å². The first-order valence-corrected chi connectivity index (χ1v) is 55.0. The lowest BCUT2D eigenvalue weighted by molar-refractivity contribution is 0.0746. The fourth-order valence-corrected chi connectivity index (χ4v) is 23.2. The predicted octanol–water partition coefficient (Wildman–Crippen LogP) is 35.7. The van der Waals surface area contributed by atoms with Gasteiger partial charge in [-0.2, -0.15) is 5.26 Å². The number of aryl methyl sites for hydroxylation is 1. The van der Waals surface area contributed by atoms with E-state index >= 15 is 0 Å². The molecule has 12 atom stereocenters. The van der Waals surface area contributed by atoms with Gasteiger partial charge in [0.2, 0.25) is 0 Å². The lowest BCUT2D eigenvalue weighted by atomic mass is 9.86. The van der Waals surface area contributed by atoms with Crippen LogP contribution in [0.2, 0.25) is 15.1 Å². The third kappa shape index (κ3) is 30.7. The molecule has 0 aromatic heterocycles. The smallest absolute Gasteiger partial charge is 0.141 e. The average Bonchev–Trinajstić information content (AvgIpc) is 0.961. The van der Waals surface area contributed by atoms with Crippen molar-refractivity contribution in [3.05, 3.63) is 361 Å². The van der Waals surface area contributed by atoms with Gasteiger partial charge in [0.15, 0.2) is 0 Å². The molecule has 12 aliphatic rings. The van der Waals surface area contributed by atoms with Gasteiger partial charge in [0.05, 0.1) is 93.8 Å². The van der Waals surface area contributed by atoms with Crippen LogP contribution in [0.1, 0.15) is 308 Å². The number of fused-ring (bicyclic) bond motifs is 12. The van der Waals surface area contributed by atoms with E-state index in [-0.39, 0.29) is 17.2 Å². The van der Waals surface area contributed by atoms with Crippen molar-refractivity contribution in [2.24, 2.45) is 0 Å². The molecular formula is C122H138Br2Cl3F2NO10S2. The Bertz CT molecular complexity index is 5820. The summed E-state index contributed by atoms with van der Waals surface area (Å²) in [6.45, 7) is 41.5. The summed E-state index contributed by atoms with van der Waals surface area (Å²) in [4.78, 5) is 2.74. The lowest BCUT2D eigenvalue weighted by Crippen LogP contribution is -2.33. The average molecular weight is 2150 g/mol. The number of rotatable bonds is 0. The van der Waals surface area contributed by atoms with E-state index in [1.807, 2.05) is 108 Å². The predicted molar refractivity (Wildman–Crippen MR) is 589 cm³/mol. The van der Waals surface area contributed by atoms with Gasteiger partial charge in [-0.3, -0.25) is 0 Å². The highest BCUT2D eigenvalue weighted by Gasteiger charge is 2.32. The standard InChI is InChI=1S/C12H16O.C11H11NO.C11H14O.2C10H11BrO.C10H10Cl2O.C10H11ClO.C10H11FO.C10H11FS.C10H12O.C9H10O.C9H10S/c1-9-8-12(2,3)13-11-7-5-4-6-10(9)11;1-8-4-5-13-11-3-2-9(7-12)6-10(8)11;1-8-3-4-11-10(7-8)9(2)5-6-12-11;1-7-4-5-12-10-3-2-8(11)6-9(7)10;1-7-5-6-12-10-8(7)3-2-4-9(10)11;1-6-2-3-13-10-8(6)4-7(11)5-9(10)12;1-7-4-5-12-10-3-2-8(11)6-9(7)10;1-7-5-12-6-9-8(7)3-2-4-10(9)11;1-7-4-5-12-10-3-2-8(11)6-9(7)10;1-8-6-11-7-9-4-2-3-5-10(8)9;2*1-7-6-10-9-5-3-2-4-8(7)9/h4-7,9H,8H2,1-3H3;2-3,6,8H,4-5H2,1H3;3-4,7,9H,5-6H2,1-2H3;2-3,6-7H,4-5H2,1H3;2-4,7H,5-6H2,1H3;4-6H,2-3H2,1H3;2-3,6-7H,4-5H2,1H3;2-4,7H,5-6H2,1H3;2-3,6-7H,4-5H2,1H3;2-5,8H,6-7H2,1H3;2*2-5,7H,6H2,1H3. The summed E-state index contributed by atoms with van der Waals surface area (Å²) < 4.78 is 83.3. The summed E-state index contributed by atoms with van der Waals surface area (Å²) in [7, 11) is 0. The largest absolute Gasteiger partial charge is 0.493 e. The molecule has 24 rings (SSSR count). The number of benzene rings is 12. The SMILES string of the molecule is CC1CC(C)(C)Oc2ccccc21.CC1CCOc2c(Br)cccc21.CC1CCOc2c(Cl)cc(Cl)cc21.CC1CCOc2ccc(Br)cc21.CC1CCOc2ccc(C#N)cc21.CC1CCOc2ccc(Cl)cc21.CC1CCSc2ccc(F)cc21.CC1COCc2c(F)cccc21.CC1COCc2ccccc21.CC1COc2ccccc21.CC1CSc2ccccc21.Cc1ccc2c(c1)C(C)CCO2. The van der Waals surface area contributed by atoms with E-state index in [9.17, 15) is 8.78 Å². The third-order valence-corrected chi connectivity index (χ3v) is 32.0. The molecule has 12 unspecified atom stereocenters. The van der Waals surface area contributed by atoms with Crippen molar-refractivity contribution in [3.8, 4) is 52.1 Å². The van der Waals surface area contributed by atoms with Gasteiger partial charge in [0, 0.05) is 64.5 Å². The van der Waals surface area contributed by atoms with Gasteiger partial charge in [0.25, 0.3) is 0 Å². The van der Waals surface area contributed by atoms with Crippen LogP contribution in [0.25, 0.3) is 0 Å². The molecule has 0 aliphatic carbocycles. The molecule has 0 radical (unpaired) electrons. The Balaban J connectivity index is 0.000000130. The zero-order valence-corrected chi connectivity index (χ0v) is 91.9. The molecule has 0 bridgehead atoms. The van der Waals surface area contributed by atoms with E-state index in [1.165, 1.54) is 101 Å². The van der Waals surface area contributed by atoms with Crippen molar-refractivity contribution in [3.63, 3.8) is 0 Å². The van der Waals surface area contributed by atoms with Crippen molar-refractivity contribution < 1.29 is 56.1 Å². The van der Waals surface area contributed by atoms with Crippen LogP contribution >= 0.6 is 90.2 Å². The Morgan fingerprint density at radius 3 is 1.46 bits per heavy atom. The third-order valence-electron chi connectivity index (χ3n) is 27.6. The highest BCUT2D eigenvalue weighted by Crippen LogP contribution is 2.47. The van der Waals surface area contributed by atoms with E-state index in [2.05, 4.69) is 257 Å². The topological polar surface area (TPSA) is 116 Å². The molecule has 142 heavy (non-hydrogen) atoms. The summed E-state index contributed by atoms with van der Waals surface area (Å²) in [5.74, 6) is 17.1. The number of thioether (sulfide) groups is 2. The van der Waals surface area contributed by atoms with Crippen molar-refractivity contribution >= 4 is 90.2 Å². The Morgan fingerprint density at radius 2 is 0.838 bits per heavy atom. The Hall–Kier alpha value is -9.16. The molecule has 0 fully saturated rings. The van der Waals surface area contributed by atoms with Crippen molar-refractivity contribution in [1.82, 2.24) is 0 Å². The molecule has 12 aromatic carbocycles. The molecule has 752 valence electrons. The quantitative estimate of drug-likeness (QED) is 0.144. The summed E-state index contributed by atoms with van der Waals surface area (Å²) in [6.07, 6.45) is 8.84. The number of halogens is 7. The second-order valence-electron chi connectivity index (χ2n) is 39.5. The fraction of sp³-hybridized carbons (Fsp3) is 0.402. The van der Waals surface area contributed by atoms with Crippen LogP contribution in [-0.2, 0) is 22.7 Å². The number of ether oxygens (including phenoxy) is 10. The number of nitriles is 1. The van der Waals surface area contributed by atoms with Gasteiger partial charge in [-0.1, -0.05) is 255 Å². The molecule has 12 aliphatic heterocycles. The molecule has 0 spiro atoms. The van der Waals surface area contributed by atoms with E-state index in [4.69, 9.17) is 87.4 Å². The summed E-state index contributed by atoms with van der Waals surface area (Å²) in [5, 5.41) is 10.8. The molecule has 0 amide bonds. The molecule has 0 saturated carbocycles. The second kappa shape index (κ2) is 53.8. The highest BCUT2D eigenvalue weighted by atomic mass is 79.9. The number of hydrogen-bond acceptors (Lipinski definition) is 13. The number of nitrogens with zero attached hydrogens (tertiary/aromatic N) is 1. The minimum atomic E-state index is -0.140. The number of para-hydroxylation sites is 3. The van der Waals surface area contributed by atoms with Crippen LogP contribution in [0.4, 0.5) is 8.78 Å². The first kappa shape index (κ1) is 110. The first-order chi connectivity index (χ1) is 68.4. The van der Waals surface area contributed by atoms with E-state index in [0.29, 0.717) is 88.4 Å². The second-order valence-corrected chi connectivity index (χ2v) is 44.8. The molecular weight excluding hydrogens is 2010 g/mol. The highest BCUT2D eigenvalue weighted by molar-refractivity contribution is 9.10. The molecule has 11 nitrogen and oxygen atoms in total. The van der Waals surface area contributed by atoms with Crippen LogP contribution < -0.4 is 37.9 Å². The molecule has 12 aromatic rings. The molecule has 12 heterocycles. The van der Waals surface area contributed by atoms with Gasteiger partial charge in [-0.25, -0.2) is 8.78 Å². The normalized spacial score (nSPS) is 21.8. The van der Waals surface area contributed by atoms with E-state index < -0.39 is 0 Å². The Morgan fingerprint density at radius 1 is 0.359 bits per heavy atom. The monoisotopic (exact) mass is 2140 g/mol. The van der Waals surface area contributed by atoms with Gasteiger partial charge in [-0.15, -0.1) is 23.5 Å². The maximum atomic E-state index is 13.2. The maximum Gasteiger partial charge on any atom is 0.141 e. The minimum absolute atomic E-state index is 0.00618. The van der Waals surface area contributed by atoms with Gasteiger partial charge < -0.3 is 47.4 Å². The first-order valence-electron chi connectivity index (χ1n) is 50.3. The maximum absolute atomic E-state index is 13.2. The van der Waals surface area contributed by atoms with Crippen LogP contribution in [0.15, 0.2) is 255 Å². The lowest BCUT2D eigenvalue weighted by Gasteiger charge is -2.36. The summed E-state index contributed by atoms with van der Waals surface area (Å²) >= 11 is 28.6. The Labute approximate surface area is 883 Å². The van der Waals surface area contributed by atoms with E-state index in [0.717, 1.165) is 193 Å². The van der Waals surface area contributed by atoms with Crippen LogP contribution in [-0.4, -0.2) is 76.6 Å². The van der Waals surface area contributed by atoms with Crippen molar-refractivity contribution in [1.29, 1.82) is 5.26 Å². The van der Waals surface area contributed by atoms with Crippen molar-refractivity contribution in [2.45, 2.75) is 255 Å². The zero-order chi connectivity index (χ0) is 101. The van der Waals surface area contributed by atoms with Crippen LogP contribution in [0.5, 0.6) is 46.0 Å². The van der Waals surface area contributed by atoms with Gasteiger partial charge >= 0.3 is 0 Å². The van der Waals surface area contributed by atoms with Gasteiger partial charge in [0.1, 0.15) is 63.2 Å². The minimum Gasteiger partial charge on any atom is -0.493 e. The number of hydrogen-bond donors (Lipinski definition) is 0. The van der Waals surface area contributed by atoms with E-state index in [1.54, 1.807) is 30.3 Å². The zero-order valence-electron chi connectivity index (χ0n) is 84.8. The fourth-order valence-electron chi connectivity index (χ4n) is 19.1. The molecule has 0 saturated heterocycles.